The van der Waals surface area contributed by atoms with Gasteiger partial charge in [0.2, 0.25) is 5.91 Å². The average Bonchev–Trinajstić information content (AvgIpc) is 2.26. The monoisotopic (exact) mass is 268 g/mol. The van der Waals surface area contributed by atoms with Gasteiger partial charge in [-0.1, -0.05) is 18.2 Å². The molecule has 1 unspecified atom stereocenters. The van der Waals surface area contributed by atoms with Gasteiger partial charge in [0, 0.05) is 17.6 Å². The molecule has 0 bridgehead atoms. The van der Waals surface area contributed by atoms with E-state index in [1.54, 1.807) is 12.1 Å². The largest absolute Gasteiger partial charge is 0.387 e. The highest BCUT2D eigenvalue weighted by Crippen LogP contribution is 2.15. The smallest absolute Gasteiger partial charge is 0.234 e. The van der Waals surface area contributed by atoms with Crippen LogP contribution in [0.3, 0.4) is 0 Å². The molecule has 5 heteroatoms. The van der Waals surface area contributed by atoms with Gasteiger partial charge in [-0.05, 0) is 26.8 Å². The van der Waals surface area contributed by atoms with Crippen LogP contribution < -0.4 is 10.6 Å². The zero-order valence-corrected chi connectivity index (χ0v) is 11.5. The van der Waals surface area contributed by atoms with Crippen LogP contribution in [0.5, 0.6) is 0 Å². The van der Waals surface area contributed by atoms with E-state index in [4.69, 9.17) is 0 Å². The van der Waals surface area contributed by atoms with E-state index >= 15 is 0 Å². The number of hydrogen-bond donors (Lipinski definition) is 3. The number of benzene rings is 1. The van der Waals surface area contributed by atoms with Crippen LogP contribution in [-0.4, -0.2) is 29.6 Å². The first-order chi connectivity index (χ1) is 8.79. The highest BCUT2D eigenvalue weighted by atomic mass is 19.1. The Morgan fingerprint density at radius 2 is 2.00 bits per heavy atom. The summed E-state index contributed by atoms with van der Waals surface area (Å²) >= 11 is 0. The highest BCUT2D eigenvalue weighted by Gasteiger charge is 2.15. The minimum Gasteiger partial charge on any atom is -0.387 e. The Balaban J connectivity index is 2.38. The standard InChI is InChI=1S/C14H21FN2O2/c1-14(2,3)17-13(19)9-16-8-12(18)10-6-4-5-7-11(10)15/h4-7,12,16,18H,8-9H2,1-3H3,(H,17,19). The molecule has 0 saturated carbocycles. The Bertz CT molecular complexity index is 430. The number of carbonyl (C=O) groups is 1. The third-order valence-corrected chi connectivity index (χ3v) is 2.40. The lowest BCUT2D eigenvalue weighted by atomic mass is 10.1. The molecule has 0 heterocycles. The summed E-state index contributed by atoms with van der Waals surface area (Å²) in [7, 11) is 0. The topological polar surface area (TPSA) is 61.4 Å². The van der Waals surface area contributed by atoms with Crippen LogP contribution >= 0.6 is 0 Å². The van der Waals surface area contributed by atoms with Gasteiger partial charge in [-0.15, -0.1) is 0 Å². The number of carbonyl (C=O) groups excluding carboxylic acids is 1. The maximum Gasteiger partial charge on any atom is 0.234 e. The normalized spacial score (nSPS) is 13.1. The minimum atomic E-state index is -0.969. The summed E-state index contributed by atoms with van der Waals surface area (Å²) in [5.74, 6) is -0.607. The van der Waals surface area contributed by atoms with E-state index in [0.717, 1.165) is 0 Å². The van der Waals surface area contributed by atoms with Crippen LogP contribution in [-0.2, 0) is 4.79 Å². The second-order valence-corrected chi connectivity index (χ2v) is 5.47. The summed E-state index contributed by atoms with van der Waals surface area (Å²) in [6.07, 6.45) is -0.969. The van der Waals surface area contributed by atoms with Crippen molar-refractivity contribution in [3.8, 4) is 0 Å². The quantitative estimate of drug-likeness (QED) is 0.755. The third-order valence-electron chi connectivity index (χ3n) is 2.40. The molecule has 3 N–H and O–H groups in total. The number of halogens is 1. The van der Waals surface area contributed by atoms with Crippen LogP contribution in [0.25, 0.3) is 0 Å². The summed E-state index contributed by atoms with van der Waals surface area (Å²) in [6.45, 7) is 5.87. The van der Waals surface area contributed by atoms with Gasteiger partial charge in [-0.25, -0.2) is 4.39 Å². The zero-order chi connectivity index (χ0) is 14.5. The van der Waals surface area contributed by atoms with Gasteiger partial charge in [0.05, 0.1) is 12.6 Å². The molecule has 106 valence electrons. The van der Waals surface area contributed by atoms with Crippen LogP contribution in [0.4, 0.5) is 4.39 Å². The lowest BCUT2D eigenvalue weighted by Crippen LogP contribution is -2.45. The molecule has 1 atom stereocenters. The molecule has 19 heavy (non-hydrogen) atoms. The van der Waals surface area contributed by atoms with Crippen molar-refractivity contribution in [2.24, 2.45) is 0 Å². The second-order valence-electron chi connectivity index (χ2n) is 5.47. The highest BCUT2D eigenvalue weighted by molar-refractivity contribution is 5.78. The number of hydrogen-bond acceptors (Lipinski definition) is 3. The third kappa shape index (κ3) is 5.81. The molecular formula is C14H21FN2O2. The van der Waals surface area contributed by atoms with Crippen molar-refractivity contribution in [2.75, 3.05) is 13.1 Å². The maximum atomic E-state index is 13.4. The van der Waals surface area contributed by atoms with Crippen molar-refractivity contribution in [3.63, 3.8) is 0 Å². The van der Waals surface area contributed by atoms with E-state index in [9.17, 15) is 14.3 Å². The van der Waals surface area contributed by atoms with E-state index in [-0.39, 0.29) is 30.1 Å². The number of nitrogens with one attached hydrogen (secondary N) is 2. The fourth-order valence-corrected chi connectivity index (χ4v) is 1.64. The molecule has 0 aliphatic rings. The van der Waals surface area contributed by atoms with Crippen molar-refractivity contribution in [1.82, 2.24) is 10.6 Å². The SMILES string of the molecule is CC(C)(C)NC(=O)CNCC(O)c1ccccc1F. The van der Waals surface area contributed by atoms with Crippen molar-refractivity contribution in [1.29, 1.82) is 0 Å². The van der Waals surface area contributed by atoms with Crippen LogP contribution in [0.2, 0.25) is 0 Å². The van der Waals surface area contributed by atoms with Gasteiger partial charge >= 0.3 is 0 Å². The number of rotatable bonds is 5. The molecular weight excluding hydrogens is 247 g/mol. The van der Waals surface area contributed by atoms with Gasteiger partial charge in [-0.2, -0.15) is 0 Å². The van der Waals surface area contributed by atoms with E-state index in [1.165, 1.54) is 12.1 Å². The molecule has 1 aromatic rings. The molecule has 0 saturated heterocycles. The van der Waals surface area contributed by atoms with Gasteiger partial charge < -0.3 is 15.7 Å². The molecule has 0 spiro atoms. The van der Waals surface area contributed by atoms with Crippen molar-refractivity contribution in [2.45, 2.75) is 32.4 Å². The van der Waals surface area contributed by atoms with Gasteiger partial charge in [0.1, 0.15) is 5.82 Å². The van der Waals surface area contributed by atoms with Crippen molar-refractivity contribution < 1.29 is 14.3 Å². The summed E-state index contributed by atoms with van der Waals surface area (Å²) in [6, 6.07) is 6.05. The molecule has 0 aliphatic carbocycles. The Hall–Kier alpha value is -1.46. The minimum absolute atomic E-state index is 0.0861. The van der Waals surface area contributed by atoms with E-state index < -0.39 is 11.9 Å². The average molecular weight is 268 g/mol. The molecule has 0 radical (unpaired) electrons. The predicted octanol–water partition coefficient (Wildman–Crippen LogP) is 1.36. The van der Waals surface area contributed by atoms with E-state index in [0.29, 0.717) is 0 Å². The number of aliphatic hydroxyl groups is 1. The van der Waals surface area contributed by atoms with Crippen molar-refractivity contribution in [3.05, 3.63) is 35.6 Å². The zero-order valence-electron chi connectivity index (χ0n) is 11.5. The van der Waals surface area contributed by atoms with Crippen molar-refractivity contribution >= 4 is 5.91 Å². The van der Waals surface area contributed by atoms with Gasteiger partial charge in [0.25, 0.3) is 0 Å². The van der Waals surface area contributed by atoms with Crippen LogP contribution in [0.1, 0.15) is 32.4 Å². The fraction of sp³-hybridized carbons (Fsp3) is 0.500. The maximum absolute atomic E-state index is 13.4. The predicted molar refractivity (Wildman–Crippen MR) is 72.1 cm³/mol. The molecule has 0 aliphatic heterocycles. The Kier molecular flexibility index (Phi) is 5.44. The fourth-order valence-electron chi connectivity index (χ4n) is 1.64. The number of amides is 1. The summed E-state index contributed by atoms with van der Waals surface area (Å²) in [5, 5.41) is 15.4. The van der Waals surface area contributed by atoms with Crippen LogP contribution in [0, 0.1) is 5.82 Å². The molecule has 1 amide bonds. The molecule has 0 aromatic heterocycles. The number of aliphatic hydroxyl groups excluding tert-OH is 1. The van der Waals surface area contributed by atoms with Gasteiger partial charge in [0.15, 0.2) is 0 Å². The Labute approximate surface area is 113 Å². The lowest BCUT2D eigenvalue weighted by Gasteiger charge is -2.21. The Morgan fingerprint density at radius 1 is 1.37 bits per heavy atom. The molecule has 4 nitrogen and oxygen atoms in total. The first kappa shape index (κ1) is 15.6. The van der Waals surface area contributed by atoms with Crippen LogP contribution in [0.15, 0.2) is 24.3 Å². The molecule has 1 aromatic carbocycles. The van der Waals surface area contributed by atoms with E-state index in [1.807, 2.05) is 20.8 Å². The summed E-state index contributed by atoms with van der Waals surface area (Å²) < 4.78 is 13.4. The first-order valence-corrected chi connectivity index (χ1v) is 6.24. The van der Waals surface area contributed by atoms with E-state index in [2.05, 4.69) is 10.6 Å². The summed E-state index contributed by atoms with van der Waals surface area (Å²) in [4.78, 5) is 11.5. The summed E-state index contributed by atoms with van der Waals surface area (Å²) in [5.41, 5.74) is -0.0608. The molecule has 0 fully saturated rings. The molecule has 1 rings (SSSR count). The Morgan fingerprint density at radius 3 is 2.58 bits per heavy atom. The lowest BCUT2D eigenvalue weighted by molar-refractivity contribution is -0.121. The first-order valence-electron chi connectivity index (χ1n) is 6.24. The second kappa shape index (κ2) is 6.63. The van der Waals surface area contributed by atoms with Gasteiger partial charge in [-0.3, -0.25) is 4.79 Å².